The molecule has 0 aliphatic heterocycles. The van der Waals surface area contributed by atoms with Crippen molar-refractivity contribution in [3.8, 4) is 0 Å². The summed E-state index contributed by atoms with van der Waals surface area (Å²) in [6.45, 7) is 0.522. The molecule has 0 spiro atoms. The fraction of sp³-hybridized carbons (Fsp3) is 0.708. The highest BCUT2D eigenvalue weighted by Gasteiger charge is 2.68. The molecule has 1 heterocycles. The van der Waals surface area contributed by atoms with E-state index in [2.05, 4.69) is 15.6 Å². The third-order valence-electron chi connectivity index (χ3n) is 9.62. The van der Waals surface area contributed by atoms with Gasteiger partial charge in [-0.3, -0.25) is 9.59 Å². The summed E-state index contributed by atoms with van der Waals surface area (Å²) in [5, 5.41) is 6.20. The average Bonchev–Trinajstić information content (AvgIpc) is 3.39. The van der Waals surface area contributed by atoms with Crippen LogP contribution in [0.25, 0.3) is 0 Å². The van der Waals surface area contributed by atoms with Gasteiger partial charge in [0, 0.05) is 24.6 Å². The molecule has 6 saturated carbocycles. The first-order valence-electron chi connectivity index (χ1n) is 11.7. The second-order valence-corrected chi connectivity index (χ2v) is 10.8. The third kappa shape index (κ3) is 2.42. The summed E-state index contributed by atoms with van der Waals surface area (Å²) in [5.74, 6) is 7.38. The molecule has 152 valence electrons. The Kier molecular flexibility index (Phi) is 3.38. The second kappa shape index (κ2) is 5.83. The first-order valence-corrected chi connectivity index (χ1v) is 11.7. The number of carbonyl (C=O) groups excluding carboxylic acids is 2. The first-order chi connectivity index (χ1) is 14.2. The van der Waals surface area contributed by atoms with Crippen LogP contribution in [0.15, 0.2) is 18.3 Å². The van der Waals surface area contributed by atoms with E-state index in [0.29, 0.717) is 36.0 Å². The van der Waals surface area contributed by atoms with Gasteiger partial charge in [0.1, 0.15) is 5.82 Å². The van der Waals surface area contributed by atoms with E-state index < -0.39 is 0 Å². The zero-order valence-electron chi connectivity index (χ0n) is 16.7. The fourth-order valence-corrected chi connectivity index (χ4v) is 8.52. The van der Waals surface area contributed by atoms with Gasteiger partial charge in [0.25, 0.3) is 0 Å². The minimum Gasteiger partial charge on any atom is -0.352 e. The summed E-state index contributed by atoms with van der Waals surface area (Å²) in [5.41, 5.74) is 1.01. The van der Waals surface area contributed by atoms with Gasteiger partial charge in [-0.2, -0.15) is 0 Å². The molecule has 6 aliphatic carbocycles. The van der Waals surface area contributed by atoms with Crippen molar-refractivity contribution in [1.82, 2.24) is 10.3 Å². The van der Waals surface area contributed by atoms with E-state index in [1.54, 1.807) is 6.20 Å². The van der Waals surface area contributed by atoms with E-state index in [4.69, 9.17) is 0 Å². The largest absolute Gasteiger partial charge is 0.352 e. The highest BCUT2D eigenvalue weighted by Crippen LogP contribution is 2.70. The van der Waals surface area contributed by atoms with Gasteiger partial charge in [0.2, 0.25) is 11.8 Å². The van der Waals surface area contributed by atoms with Crippen molar-refractivity contribution in [2.45, 2.75) is 45.1 Å². The van der Waals surface area contributed by atoms with Crippen LogP contribution in [0.1, 0.15) is 44.1 Å². The van der Waals surface area contributed by atoms with E-state index in [1.165, 1.54) is 38.5 Å². The number of rotatable bonds is 5. The van der Waals surface area contributed by atoms with E-state index in [0.717, 1.165) is 29.2 Å². The van der Waals surface area contributed by atoms with Gasteiger partial charge in [0.05, 0.1) is 0 Å². The molecular weight excluding hydrogens is 362 g/mol. The van der Waals surface area contributed by atoms with Gasteiger partial charge in [-0.15, -0.1) is 0 Å². The molecule has 6 aliphatic rings. The number of pyridine rings is 1. The first kappa shape index (κ1) is 16.8. The molecule has 9 atom stereocenters. The van der Waals surface area contributed by atoms with Crippen LogP contribution in [0.3, 0.4) is 0 Å². The number of carbonyl (C=O) groups is 2. The monoisotopic (exact) mass is 391 g/mol. The van der Waals surface area contributed by atoms with E-state index in [9.17, 15) is 9.59 Å². The summed E-state index contributed by atoms with van der Waals surface area (Å²) in [4.78, 5) is 29.7. The molecule has 5 heteroatoms. The zero-order valence-corrected chi connectivity index (χ0v) is 16.7. The van der Waals surface area contributed by atoms with Gasteiger partial charge in [-0.25, -0.2) is 4.98 Å². The Hall–Kier alpha value is -1.91. The maximum absolute atomic E-state index is 12.7. The molecule has 2 amide bonds. The minimum atomic E-state index is 0.159. The molecular formula is C24H29N3O2. The Morgan fingerprint density at radius 2 is 1.41 bits per heavy atom. The van der Waals surface area contributed by atoms with Crippen molar-refractivity contribution >= 4 is 17.6 Å². The summed E-state index contributed by atoms with van der Waals surface area (Å²) < 4.78 is 0. The maximum Gasteiger partial charge on any atom is 0.229 e. The van der Waals surface area contributed by atoms with Crippen LogP contribution in [0.2, 0.25) is 0 Å². The lowest BCUT2D eigenvalue weighted by molar-refractivity contribution is -0.123. The molecule has 1 aromatic heterocycles. The standard InChI is InChI=1S/C24H29N3O2/c28-23(21-17-12-1-2-13(8-12)18(17)21)26-10-11-5-6-25-16(7-11)27-24(29)22-19-14-3-4-15(9-14)20(19)22/h5-7,12-15,17-22H,1-4,8-10H2,(H,26,28)(H,25,27,29)/t12-,13-,14-,15-,17-,18-,19-,20+,22?/m0/s1. The Morgan fingerprint density at radius 1 is 0.862 bits per heavy atom. The quantitative estimate of drug-likeness (QED) is 0.810. The molecule has 4 bridgehead atoms. The molecule has 5 nitrogen and oxygen atoms in total. The summed E-state index contributed by atoms with van der Waals surface area (Å²) in [7, 11) is 0. The van der Waals surface area contributed by atoms with Crippen LogP contribution in [0.4, 0.5) is 5.82 Å². The third-order valence-corrected chi connectivity index (χ3v) is 9.62. The smallest absolute Gasteiger partial charge is 0.229 e. The fourth-order valence-electron chi connectivity index (χ4n) is 8.52. The lowest BCUT2D eigenvalue weighted by atomic mass is 10.0. The number of aromatic nitrogens is 1. The van der Waals surface area contributed by atoms with Crippen LogP contribution in [0, 0.1) is 59.2 Å². The van der Waals surface area contributed by atoms with Crippen molar-refractivity contribution in [2.24, 2.45) is 59.2 Å². The normalized spacial score (nSPS) is 46.9. The number of nitrogens with one attached hydrogen (secondary N) is 2. The Labute approximate surface area is 171 Å². The molecule has 1 aromatic rings. The Balaban J connectivity index is 0.957. The van der Waals surface area contributed by atoms with Crippen molar-refractivity contribution in [3.05, 3.63) is 23.9 Å². The number of nitrogens with zero attached hydrogens (tertiary/aromatic N) is 1. The van der Waals surface area contributed by atoms with E-state index in [-0.39, 0.29) is 23.7 Å². The zero-order chi connectivity index (χ0) is 19.3. The van der Waals surface area contributed by atoms with E-state index in [1.807, 2.05) is 12.1 Å². The SMILES string of the molecule is O=C(Nc1cc(CNC(=O)C2[C@H]3[C@H]4CC[C@@H](C4)[C@H]23)ccn1)C1[C@@H]2[C@H]3CC[C@@H](C3)[C@H]12. The van der Waals surface area contributed by atoms with Crippen molar-refractivity contribution in [1.29, 1.82) is 0 Å². The van der Waals surface area contributed by atoms with Crippen LogP contribution in [-0.2, 0) is 16.1 Å². The molecule has 6 fully saturated rings. The molecule has 0 saturated heterocycles. The van der Waals surface area contributed by atoms with Gasteiger partial charge < -0.3 is 10.6 Å². The van der Waals surface area contributed by atoms with Gasteiger partial charge in [0.15, 0.2) is 0 Å². The topological polar surface area (TPSA) is 71.1 Å². The maximum atomic E-state index is 12.7. The van der Waals surface area contributed by atoms with E-state index >= 15 is 0 Å². The molecule has 0 aromatic carbocycles. The van der Waals surface area contributed by atoms with Gasteiger partial charge in [-0.1, -0.05) is 0 Å². The van der Waals surface area contributed by atoms with Gasteiger partial charge >= 0.3 is 0 Å². The lowest BCUT2D eigenvalue weighted by Crippen LogP contribution is -2.27. The van der Waals surface area contributed by atoms with Crippen LogP contribution in [0.5, 0.6) is 0 Å². The van der Waals surface area contributed by atoms with Crippen molar-refractivity contribution in [3.63, 3.8) is 0 Å². The average molecular weight is 392 g/mol. The Morgan fingerprint density at radius 3 is 2.00 bits per heavy atom. The molecule has 1 unspecified atom stereocenters. The van der Waals surface area contributed by atoms with Crippen LogP contribution in [-0.4, -0.2) is 16.8 Å². The highest BCUT2D eigenvalue weighted by atomic mass is 16.2. The summed E-state index contributed by atoms with van der Waals surface area (Å²) in [6.07, 6.45) is 9.80. The molecule has 7 rings (SSSR count). The lowest BCUT2D eigenvalue weighted by Gasteiger charge is -2.11. The summed E-state index contributed by atoms with van der Waals surface area (Å²) in [6, 6.07) is 3.85. The van der Waals surface area contributed by atoms with Gasteiger partial charge in [-0.05, 0) is 104 Å². The Bertz CT molecular complexity index is 868. The minimum absolute atomic E-state index is 0.159. The highest BCUT2D eigenvalue weighted by molar-refractivity contribution is 5.94. The number of amides is 2. The summed E-state index contributed by atoms with van der Waals surface area (Å²) >= 11 is 0. The van der Waals surface area contributed by atoms with Crippen LogP contribution >= 0.6 is 0 Å². The molecule has 0 radical (unpaired) electrons. The second-order valence-electron chi connectivity index (χ2n) is 10.8. The molecule has 29 heavy (non-hydrogen) atoms. The number of anilines is 1. The number of hydrogen-bond acceptors (Lipinski definition) is 3. The predicted molar refractivity (Wildman–Crippen MR) is 107 cm³/mol. The number of fused-ring (bicyclic) bond motifs is 10. The molecule has 2 N–H and O–H groups in total. The number of hydrogen-bond donors (Lipinski definition) is 2. The van der Waals surface area contributed by atoms with Crippen LogP contribution < -0.4 is 10.6 Å². The van der Waals surface area contributed by atoms with Crippen molar-refractivity contribution in [2.75, 3.05) is 5.32 Å². The predicted octanol–water partition coefficient (Wildman–Crippen LogP) is 3.22. The van der Waals surface area contributed by atoms with Crippen molar-refractivity contribution < 1.29 is 9.59 Å².